The van der Waals surface area contributed by atoms with Gasteiger partial charge in [-0.1, -0.05) is 20.8 Å². The van der Waals surface area contributed by atoms with Gasteiger partial charge in [0, 0.05) is 25.6 Å². The molecule has 0 bridgehead atoms. The van der Waals surface area contributed by atoms with Crippen LogP contribution in [0.5, 0.6) is 0 Å². The van der Waals surface area contributed by atoms with Gasteiger partial charge >= 0.3 is 0 Å². The topological polar surface area (TPSA) is 12.5 Å². The normalized spacial score (nSPS) is 29.9. The molecule has 1 aliphatic heterocycles. The lowest BCUT2D eigenvalue weighted by molar-refractivity contribution is 0.0696. The molecule has 90 valence electrons. The van der Waals surface area contributed by atoms with Crippen LogP contribution in [0.15, 0.2) is 11.9 Å². The summed E-state index contributed by atoms with van der Waals surface area (Å²) in [6, 6.07) is 0. The van der Waals surface area contributed by atoms with Gasteiger partial charge in [-0.25, -0.2) is 4.39 Å². The number of hydrogen-bond acceptors (Lipinski definition) is 2. The highest BCUT2D eigenvalue weighted by molar-refractivity contribution is 5.15. The smallest absolute Gasteiger partial charge is 0.0866 e. The molecule has 3 heteroatoms. The highest BCUT2D eigenvalue weighted by Crippen LogP contribution is 2.34. The lowest BCUT2D eigenvalue weighted by Crippen LogP contribution is -2.43. The molecular formula is C12H24FNO. The SMILES string of the molecule is CC.COC[C@]1(C)CN(C)CC/C1=C\F. The number of hydrogen-bond donors (Lipinski definition) is 0. The molecule has 0 amide bonds. The minimum atomic E-state index is -0.142. The second-order valence-electron chi connectivity index (χ2n) is 4.12. The zero-order chi connectivity index (χ0) is 11.9. The van der Waals surface area contributed by atoms with Crippen molar-refractivity contribution in [3.63, 3.8) is 0 Å². The summed E-state index contributed by atoms with van der Waals surface area (Å²) in [5, 5.41) is 0. The fourth-order valence-electron chi connectivity index (χ4n) is 2.03. The first-order valence-electron chi connectivity index (χ1n) is 5.59. The Morgan fingerprint density at radius 1 is 1.53 bits per heavy atom. The molecule has 1 aliphatic rings. The molecule has 0 radical (unpaired) electrons. The lowest BCUT2D eigenvalue weighted by Gasteiger charge is -2.40. The number of halogens is 1. The van der Waals surface area contributed by atoms with E-state index in [1.807, 2.05) is 13.8 Å². The molecule has 0 N–H and O–H groups in total. The summed E-state index contributed by atoms with van der Waals surface area (Å²) in [5.74, 6) is 0. The first kappa shape index (κ1) is 14.6. The predicted molar refractivity (Wildman–Crippen MR) is 62.6 cm³/mol. The molecule has 0 aliphatic carbocycles. The van der Waals surface area contributed by atoms with Crippen molar-refractivity contribution in [1.29, 1.82) is 0 Å². The van der Waals surface area contributed by atoms with Crippen LogP contribution in [0.2, 0.25) is 0 Å². The van der Waals surface area contributed by atoms with Crippen LogP contribution in [-0.2, 0) is 4.74 Å². The molecule has 0 saturated carbocycles. The van der Waals surface area contributed by atoms with Crippen molar-refractivity contribution < 1.29 is 9.13 Å². The third-order valence-electron chi connectivity index (χ3n) is 2.75. The van der Waals surface area contributed by atoms with Gasteiger partial charge in [0.15, 0.2) is 0 Å². The van der Waals surface area contributed by atoms with E-state index in [-0.39, 0.29) is 5.41 Å². The van der Waals surface area contributed by atoms with Crippen molar-refractivity contribution in [2.24, 2.45) is 5.41 Å². The van der Waals surface area contributed by atoms with E-state index in [0.29, 0.717) is 6.61 Å². The molecule has 1 atom stereocenters. The molecule has 1 fully saturated rings. The molecule has 15 heavy (non-hydrogen) atoms. The van der Waals surface area contributed by atoms with Gasteiger partial charge in [-0.2, -0.15) is 0 Å². The van der Waals surface area contributed by atoms with E-state index in [2.05, 4.69) is 18.9 Å². The average molecular weight is 217 g/mol. The summed E-state index contributed by atoms with van der Waals surface area (Å²) >= 11 is 0. The van der Waals surface area contributed by atoms with E-state index in [1.165, 1.54) is 0 Å². The van der Waals surface area contributed by atoms with E-state index in [1.54, 1.807) is 7.11 Å². The molecular weight excluding hydrogens is 193 g/mol. The van der Waals surface area contributed by atoms with Gasteiger partial charge < -0.3 is 9.64 Å². The maximum absolute atomic E-state index is 12.6. The quantitative estimate of drug-likeness (QED) is 0.705. The van der Waals surface area contributed by atoms with Gasteiger partial charge in [-0.05, 0) is 19.0 Å². The van der Waals surface area contributed by atoms with Gasteiger partial charge in [0.25, 0.3) is 0 Å². The monoisotopic (exact) mass is 217 g/mol. The number of nitrogens with zero attached hydrogens (tertiary/aromatic N) is 1. The number of piperidine rings is 1. The Balaban J connectivity index is 0.000000921. The van der Waals surface area contributed by atoms with Crippen LogP contribution < -0.4 is 0 Å². The van der Waals surface area contributed by atoms with Crippen molar-refractivity contribution in [2.75, 3.05) is 33.9 Å². The fourth-order valence-corrected chi connectivity index (χ4v) is 2.03. The second kappa shape index (κ2) is 6.96. The Hall–Kier alpha value is -0.410. The third-order valence-corrected chi connectivity index (χ3v) is 2.75. The summed E-state index contributed by atoms with van der Waals surface area (Å²) in [6.45, 7) is 8.45. The van der Waals surface area contributed by atoms with Crippen LogP contribution in [0, 0.1) is 5.41 Å². The van der Waals surface area contributed by atoms with Crippen molar-refractivity contribution in [3.05, 3.63) is 11.9 Å². The molecule has 1 saturated heterocycles. The Morgan fingerprint density at radius 3 is 2.60 bits per heavy atom. The van der Waals surface area contributed by atoms with Gasteiger partial charge in [0.05, 0.1) is 12.9 Å². The van der Waals surface area contributed by atoms with Crippen molar-refractivity contribution >= 4 is 0 Å². The first-order valence-corrected chi connectivity index (χ1v) is 5.59. The minimum Gasteiger partial charge on any atom is -0.384 e. The van der Waals surface area contributed by atoms with Crippen LogP contribution >= 0.6 is 0 Å². The largest absolute Gasteiger partial charge is 0.384 e. The summed E-state index contributed by atoms with van der Waals surface area (Å²) in [7, 11) is 3.72. The summed E-state index contributed by atoms with van der Waals surface area (Å²) < 4.78 is 17.7. The second-order valence-corrected chi connectivity index (χ2v) is 4.12. The van der Waals surface area contributed by atoms with E-state index in [9.17, 15) is 4.39 Å². The Morgan fingerprint density at radius 2 is 2.13 bits per heavy atom. The number of ether oxygens (including phenoxy) is 1. The molecule has 0 unspecified atom stereocenters. The maximum atomic E-state index is 12.6. The Bertz CT molecular complexity index is 206. The molecule has 0 aromatic heterocycles. The minimum absolute atomic E-state index is 0.142. The molecule has 1 heterocycles. The summed E-state index contributed by atoms with van der Waals surface area (Å²) in [6.07, 6.45) is 1.57. The van der Waals surface area contributed by atoms with Gasteiger partial charge in [-0.15, -0.1) is 0 Å². The van der Waals surface area contributed by atoms with E-state index >= 15 is 0 Å². The lowest BCUT2D eigenvalue weighted by atomic mass is 9.78. The average Bonchev–Trinajstić information content (AvgIpc) is 2.21. The van der Waals surface area contributed by atoms with E-state index in [4.69, 9.17) is 4.74 Å². The maximum Gasteiger partial charge on any atom is 0.0866 e. The molecule has 2 nitrogen and oxygen atoms in total. The number of rotatable bonds is 2. The first-order chi connectivity index (χ1) is 7.12. The predicted octanol–water partition coefficient (Wildman–Crippen LogP) is 2.85. The fraction of sp³-hybridized carbons (Fsp3) is 0.833. The third kappa shape index (κ3) is 3.92. The van der Waals surface area contributed by atoms with Gasteiger partial charge in [0.1, 0.15) is 0 Å². The number of likely N-dealkylation sites (tertiary alicyclic amines) is 1. The zero-order valence-corrected chi connectivity index (χ0v) is 10.6. The highest BCUT2D eigenvalue weighted by Gasteiger charge is 2.34. The van der Waals surface area contributed by atoms with Crippen LogP contribution in [0.3, 0.4) is 0 Å². The highest BCUT2D eigenvalue weighted by atomic mass is 19.1. The summed E-state index contributed by atoms with van der Waals surface area (Å²) in [5.41, 5.74) is 0.740. The van der Waals surface area contributed by atoms with Gasteiger partial charge in [0.2, 0.25) is 0 Å². The van der Waals surface area contributed by atoms with Crippen LogP contribution in [0.4, 0.5) is 4.39 Å². The summed E-state index contributed by atoms with van der Waals surface area (Å²) in [4.78, 5) is 2.21. The number of methoxy groups -OCH3 is 1. The molecule has 1 rings (SSSR count). The van der Waals surface area contributed by atoms with Crippen molar-refractivity contribution in [3.8, 4) is 0 Å². The molecule has 0 spiro atoms. The molecule has 0 aromatic rings. The van der Waals surface area contributed by atoms with Crippen LogP contribution in [-0.4, -0.2) is 38.8 Å². The van der Waals surface area contributed by atoms with Gasteiger partial charge in [-0.3, -0.25) is 0 Å². The van der Waals surface area contributed by atoms with Crippen LogP contribution in [0.1, 0.15) is 27.2 Å². The van der Waals surface area contributed by atoms with E-state index < -0.39 is 0 Å². The Kier molecular flexibility index (Phi) is 6.77. The van der Waals surface area contributed by atoms with Crippen LogP contribution in [0.25, 0.3) is 0 Å². The zero-order valence-electron chi connectivity index (χ0n) is 10.6. The van der Waals surface area contributed by atoms with E-state index in [0.717, 1.165) is 31.4 Å². The molecule has 0 aromatic carbocycles. The Labute approximate surface area is 93.1 Å². The van der Waals surface area contributed by atoms with Crippen molar-refractivity contribution in [2.45, 2.75) is 27.2 Å². The standard InChI is InChI=1S/C10H18FNO.C2H6/c1-10(8-13-3)7-12(2)5-4-9(10)6-11;1-2/h6H,4-5,7-8H2,1-3H3;1-2H3/b9-6+;/t10-;/m0./s1. The van der Waals surface area contributed by atoms with Crippen molar-refractivity contribution in [1.82, 2.24) is 4.90 Å².